The first-order valence-electron chi connectivity index (χ1n) is 9.82. The van der Waals surface area contributed by atoms with Crippen molar-refractivity contribution in [1.29, 1.82) is 0 Å². The number of nitrogens with zero attached hydrogens (tertiary/aromatic N) is 1. The van der Waals surface area contributed by atoms with Gasteiger partial charge in [0.1, 0.15) is 5.82 Å². The van der Waals surface area contributed by atoms with Crippen LogP contribution in [0.25, 0.3) is 0 Å². The number of likely N-dealkylation sites (tertiary alicyclic amines) is 1. The van der Waals surface area contributed by atoms with E-state index in [4.69, 9.17) is 11.6 Å². The van der Waals surface area contributed by atoms with E-state index in [9.17, 15) is 14.0 Å². The minimum Gasteiger partial charge on any atom is -0.352 e. The monoisotopic (exact) mass is 417 g/mol. The highest BCUT2D eigenvalue weighted by Gasteiger charge is 2.24. The summed E-state index contributed by atoms with van der Waals surface area (Å²) >= 11 is 5.86. The number of hydrogen-bond acceptors (Lipinski definition) is 2. The van der Waals surface area contributed by atoms with Gasteiger partial charge in [0.2, 0.25) is 5.91 Å². The minimum atomic E-state index is -0.338. The Morgan fingerprint density at radius 2 is 1.83 bits per heavy atom. The Balaban J connectivity index is 1.40. The maximum absolute atomic E-state index is 13.0. The van der Waals surface area contributed by atoms with Gasteiger partial charge in [-0.25, -0.2) is 9.18 Å². The zero-order valence-electron chi connectivity index (χ0n) is 16.2. The SMILES string of the molecule is O=C(CC[C@H]1CCCN(C(=O)Nc2ccc(F)cc2)C1)NCc1ccc(Cl)cc1. The molecule has 1 heterocycles. The second-order valence-corrected chi connectivity index (χ2v) is 7.77. The van der Waals surface area contributed by atoms with E-state index in [1.54, 1.807) is 29.2 Å². The van der Waals surface area contributed by atoms with Crippen LogP contribution in [0.1, 0.15) is 31.2 Å². The Labute approximate surface area is 175 Å². The van der Waals surface area contributed by atoms with E-state index in [1.165, 1.54) is 12.1 Å². The number of carbonyl (C=O) groups excluding carboxylic acids is 2. The maximum Gasteiger partial charge on any atom is 0.321 e. The number of benzene rings is 2. The average molecular weight is 418 g/mol. The van der Waals surface area contributed by atoms with Crippen molar-refractivity contribution in [3.8, 4) is 0 Å². The summed E-state index contributed by atoms with van der Waals surface area (Å²) in [6.07, 6.45) is 3.09. The fraction of sp³-hybridized carbons (Fsp3) is 0.364. The van der Waals surface area contributed by atoms with Gasteiger partial charge in [0.15, 0.2) is 0 Å². The highest BCUT2D eigenvalue weighted by molar-refractivity contribution is 6.30. The predicted molar refractivity (Wildman–Crippen MR) is 112 cm³/mol. The maximum atomic E-state index is 13.0. The van der Waals surface area contributed by atoms with Gasteiger partial charge in [0, 0.05) is 36.8 Å². The molecule has 1 aliphatic heterocycles. The molecular formula is C22H25ClFN3O2. The molecule has 0 unspecified atom stereocenters. The molecule has 1 aliphatic rings. The Hall–Kier alpha value is -2.60. The number of piperidine rings is 1. The number of urea groups is 1. The molecule has 1 saturated heterocycles. The zero-order chi connectivity index (χ0) is 20.6. The summed E-state index contributed by atoms with van der Waals surface area (Å²) in [7, 11) is 0. The van der Waals surface area contributed by atoms with Crippen molar-refractivity contribution in [2.75, 3.05) is 18.4 Å². The molecule has 0 aliphatic carbocycles. The summed E-state index contributed by atoms with van der Waals surface area (Å²) in [5.74, 6) is -0.0350. The number of amides is 3. The van der Waals surface area contributed by atoms with Crippen LogP contribution in [-0.4, -0.2) is 29.9 Å². The van der Waals surface area contributed by atoms with Gasteiger partial charge < -0.3 is 15.5 Å². The van der Waals surface area contributed by atoms with Crippen LogP contribution >= 0.6 is 11.6 Å². The third-order valence-electron chi connectivity index (χ3n) is 5.08. The first-order valence-corrected chi connectivity index (χ1v) is 10.2. The van der Waals surface area contributed by atoms with Crippen LogP contribution in [-0.2, 0) is 11.3 Å². The molecule has 1 atom stereocenters. The van der Waals surface area contributed by atoms with E-state index in [2.05, 4.69) is 10.6 Å². The number of nitrogens with one attached hydrogen (secondary N) is 2. The van der Waals surface area contributed by atoms with E-state index in [1.807, 2.05) is 12.1 Å². The lowest BCUT2D eigenvalue weighted by atomic mass is 9.93. The quantitative estimate of drug-likeness (QED) is 0.707. The topological polar surface area (TPSA) is 61.4 Å². The highest BCUT2D eigenvalue weighted by atomic mass is 35.5. The van der Waals surface area contributed by atoms with Gasteiger partial charge >= 0.3 is 6.03 Å². The minimum absolute atomic E-state index is 0.00726. The van der Waals surface area contributed by atoms with Gasteiger partial charge in [-0.15, -0.1) is 0 Å². The fourth-order valence-corrected chi connectivity index (χ4v) is 3.57. The molecule has 1 fully saturated rings. The number of anilines is 1. The van der Waals surface area contributed by atoms with Crippen molar-refractivity contribution in [2.24, 2.45) is 5.92 Å². The summed E-state index contributed by atoms with van der Waals surface area (Å²) in [4.78, 5) is 26.4. The van der Waals surface area contributed by atoms with Crippen molar-refractivity contribution in [2.45, 2.75) is 32.2 Å². The largest absolute Gasteiger partial charge is 0.352 e. The van der Waals surface area contributed by atoms with Crippen LogP contribution in [0.2, 0.25) is 5.02 Å². The molecule has 29 heavy (non-hydrogen) atoms. The molecule has 0 radical (unpaired) electrons. The number of rotatable bonds is 6. The van der Waals surface area contributed by atoms with Crippen LogP contribution in [0.3, 0.4) is 0 Å². The van der Waals surface area contributed by atoms with Crippen LogP contribution in [0.4, 0.5) is 14.9 Å². The number of hydrogen-bond donors (Lipinski definition) is 2. The molecule has 0 saturated carbocycles. The van der Waals surface area contributed by atoms with Gasteiger partial charge in [-0.05, 0) is 67.1 Å². The number of carbonyl (C=O) groups is 2. The van der Waals surface area contributed by atoms with Gasteiger partial charge in [0.05, 0.1) is 0 Å². The van der Waals surface area contributed by atoms with E-state index >= 15 is 0 Å². The van der Waals surface area contributed by atoms with Crippen LogP contribution in [0.15, 0.2) is 48.5 Å². The molecule has 3 amide bonds. The second kappa shape index (κ2) is 10.3. The lowest BCUT2D eigenvalue weighted by Crippen LogP contribution is -2.42. The summed E-state index contributed by atoms with van der Waals surface area (Å²) in [5.41, 5.74) is 1.57. The zero-order valence-corrected chi connectivity index (χ0v) is 16.9. The van der Waals surface area contributed by atoms with Crippen LogP contribution in [0, 0.1) is 11.7 Å². The Kier molecular flexibility index (Phi) is 7.47. The van der Waals surface area contributed by atoms with Crippen LogP contribution in [0.5, 0.6) is 0 Å². The molecule has 2 aromatic carbocycles. The average Bonchev–Trinajstić information content (AvgIpc) is 2.73. The first kappa shape index (κ1) is 21.1. The predicted octanol–water partition coefficient (Wildman–Crippen LogP) is 4.82. The number of halogens is 2. The molecule has 3 rings (SSSR count). The lowest BCUT2D eigenvalue weighted by molar-refractivity contribution is -0.121. The van der Waals surface area contributed by atoms with Gasteiger partial charge in [-0.1, -0.05) is 23.7 Å². The highest BCUT2D eigenvalue weighted by Crippen LogP contribution is 2.22. The van der Waals surface area contributed by atoms with Crippen molar-refractivity contribution in [3.05, 3.63) is 64.9 Å². The molecule has 5 nitrogen and oxygen atoms in total. The molecular weight excluding hydrogens is 393 g/mol. The third kappa shape index (κ3) is 6.75. The van der Waals surface area contributed by atoms with Crippen molar-refractivity contribution >= 4 is 29.2 Å². The molecule has 2 aromatic rings. The molecule has 2 N–H and O–H groups in total. The van der Waals surface area contributed by atoms with Gasteiger partial charge in [-0.3, -0.25) is 4.79 Å². The molecule has 7 heteroatoms. The Morgan fingerprint density at radius 1 is 1.10 bits per heavy atom. The van der Waals surface area contributed by atoms with Gasteiger partial charge in [-0.2, -0.15) is 0 Å². The molecule has 0 spiro atoms. The smallest absolute Gasteiger partial charge is 0.321 e. The van der Waals surface area contributed by atoms with E-state index in [0.29, 0.717) is 42.7 Å². The Bertz CT molecular complexity index is 827. The summed E-state index contributed by atoms with van der Waals surface area (Å²) in [6, 6.07) is 12.9. The van der Waals surface area contributed by atoms with Gasteiger partial charge in [0.25, 0.3) is 0 Å². The normalized spacial score (nSPS) is 16.3. The molecule has 0 bridgehead atoms. The van der Waals surface area contributed by atoms with E-state index in [-0.39, 0.29) is 17.8 Å². The van der Waals surface area contributed by atoms with E-state index in [0.717, 1.165) is 24.8 Å². The summed E-state index contributed by atoms with van der Waals surface area (Å²) in [6.45, 7) is 1.79. The lowest BCUT2D eigenvalue weighted by Gasteiger charge is -2.32. The Morgan fingerprint density at radius 3 is 2.55 bits per heavy atom. The third-order valence-corrected chi connectivity index (χ3v) is 5.34. The fourth-order valence-electron chi connectivity index (χ4n) is 3.45. The van der Waals surface area contributed by atoms with Crippen molar-refractivity contribution in [1.82, 2.24) is 10.2 Å². The summed E-state index contributed by atoms with van der Waals surface area (Å²) < 4.78 is 13.0. The molecule has 0 aromatic heterocycles. The molecule has 154 valence electrons. The summed E-state index contributed by atoms with van der Waals surface area (Å²) in [5, 5.41) is 6.39. The first-order chi connectivity index (χ1) is 14.0. The standard InChI is InChI=1S/C22H25ClFN3O2/c23-18-6-3-16(4-7-18)14-25-21(28)12-5-17-2-1-13-27(15-17)22(29)26-20-10-8-19(24)9-11-20/h3-4,6-11,17H,1-2,5,12-15H2,(H,25,28)(H,26,29)/t17-/m1/s1. The van der Waals surface area contributed by atoms with Crippen LogP contribution < -0.4 is 10.6 Å². The van der Waals surface area contributed by atoms with E-state index < -0.39 is 0 Å². The van der Waals surface area contributed by atoms with Crippen molar-refractivity contribution < 1.29 is 14.0 Å². The van der Waals surface area contributed by atoms with Crippen molar-refractivity contribution in [3.63, 3.8) is 0 Å². The second-order valence-electron chi connectivity index (χ2n) is 7.33.